The van der Waals surface area contributed by atoms with Gasteiger partial charge in [-0.1, -0.05) is 12.2 Å². The lowest BCUT2D eigenvalue weighted by atomic mass is 10.2. The SMILES string of the molecule is Cc1nn(C)c(N(C)C2CCS(=O)(=O)C2)c1C(N)=S. The fourth-order valence-corrected chi connectivity index (χ4v) is 4.61. The molecule has 1 aromatic rings. The van der Waals surface area contributed by atoms with Crippen molar-refractivity contribution in [2.75, 3.05) is 23.5 Å². The van der Waals surface area contributed by atoms with Crippen molar-refractivity contribution in [2.45, 2.75) is 19.4 Å². The van der Waals surface area contributed by atoms with Crippen LogP contribution in [0.4, 0.5) is 5.82 Å². The van der Waals surface area contributed by atoms with E-state index in [1.165, 1.54) is 0 Å². The summed E-state index contributed by atoms with van der Waals surface area (Å²) in [6.45, 7) is 1.84. The Morgan fingerprint density at radius 2 is 2.21 bits per heavy atom. The molecule has 1 saturated heterocycles. The Hall–Kier alpha value is -1.15. The van der Waals surface area contributed by atoms with Crippen LogP contribution in [0, 0.1) is 6.92 Å². The van der Waals surface area contributed by atoms with Crippen molar-refractivity contribution in [3.63, 3.8) is 0 Å². The number of sulfone groups is 1. The summed E-state index contributed by atoms with van der Waals surface area (Å²) in [6.07, 6.45) is 0.625. The average molecular weight is 302 g/mol. The third kappa shape index (κ3) is 2.59. The van der Waals surface area contributed by atoms with Crippen LogP contribution < -0.4 is 10.6 Å². The first-order valence-electron chi connectivity index (χ1n) is 5.99. The first-order valence-corrected chi connectivity index (χ1v) is 8.22. The van der Waals surface area contributed by atoms with Gasteiger partial charge >= 0.3 is 0 Å². The van der Waals surface area contributed by atoms with Gasteiger partial charge in [0.25, 0.3) is 0 Å². The van der Waals surface area contributed by atoms with E-state index < -0.39 is 9.84 Å². The van der Waals surface area contributed by atoms with Crippen LogP contribution in [-0.2, 0) is 16.9 Å². The van der Waals surface area contributed by atoms with Gasteiger partial charge in [-0.15, -0.1) is 0 Å². The van der Waals surface area contributed by atoms with E-state index in [1.807, 2.05) is 25.9 Å². The highest BCUT2D eigenvalue weighted by Crippen LogP contribution is 2.27. The third-order valence-corrected chi connectivity index (χ3v) is 5.48. The number of thiocarbonyl (C=S) groups is 1. The molecular formula is C11H18N4O2S2. The van der Waals surface area contributed by atoms with Crippen LogP contribution in [0.15, 0.2) is 0 Å². The maximum Gasteiger partial charge on any atom is 0.152 e. The number of nitrogens with two attached hydrogens (primary N) is 1. The summed E-state index contributed by atoms with van der Waals surface area (Å²) in [5.74, 6) is 1.19. The van der Waals surface area contributed by atoms with Crippen LogP contribution in [-0.4, -0.2) is 47.8 Å². The Morgan fingerprint density at radius 1 is 1.58 bits per heavy atom. The quantitative estimate of drug-likeness (QED) is 0.791. The molecule has 0 aromatic carbocycles. The maximum absolute atomic E-state index is 11.6. The second-order valence-corrected chi connectivity index (χ2v) is 7.61. The number of aryl methyl sites for hydroxylation is 2. The van der Waals surface area contributed by atoms with E-state index in [2.05, 4.69) is 5.10 Å². The lowest BCUT2D eigenvalue weighted by molar-refractivity contribution is 0.600. The Bertz CT molecular complexity index is 621. The minimum atomic E-state index is -2.92. The molecule has 2 N–H and O–H groups in total. The number of rotatable bonds is 3. The first-order chi connectivity index (χ1) is 8.73. The van der Waals surface area contributed by atoms with Gasteiger partial charge in [-0.3, -0.25) is 4.68 Å². The second-order valence-electron chi connectivity index (χ2n) is 4.94. The molecule has 19 heavy (non-hydrogen) atoms. The minimum absolute atomic E-state index is 0.0482. The molecule has 1 aromatic heterocycles. The normalized spacial score (nSPS) is 21.5. The fourth-order valence-electron chi connectivity index (χ4n) is 2.59. The Morgan fingerprint density at radius 3 is 2.68 bits per heavy atom. The summed E-state index contributed by atoms with van der Waals surface area (Å²) in [6, 6.07) is -0.0482. The van der Waals surface area contributed by atoms with Crippen LogP contribution in [0.1, 0.15) is 17.7 Å². The highest BCUT2D eigenvalue weighted by atomic mass is 32.2. The predicted molar refractivity (Wildman–Crippen MR) is 79.3 cm³/mol. The van der Waals surface area contributed by atoms with E-state index in [9.17, 15) is 8.42 Å². The molecule has 0 saturated carbocycles. The molecule has 106 valence electrons. The van der Waals surface area contributed by atoms with E-state index in [-0.39, 0.29) is 22.5 Å². The zero-order valence-corrected chi connectivity index (χ0v) is 12.9. The molecule has 6 nitrogen and oxygen atoms in total. The Labute approximate surface area is 118 Å². The topological polar surface area (TPSA) is 81.2 Å². The summed E-state index contributed by atoms with van der Waals surface area (Å²) >= 11 is 5.07. The van der Waals surface area contributed by atoms with Crippen LogP contribution >= 0.6 is 12.2 Å². The zero-order chi connectivity index (χ0) is 14.4. The van der Waals surface area contributed by atoms with Gasteiger partial charge in [0.2, 0.25) is 0 Å². The largest absolute Gasteiger partial charge is 0.389 e. The van der Waals surface area contributed by atoms with E-state index in [0.717, 1.165) is 17.1 Å². The number of aromatic nitrogens is 2. The van der Waals surface area contributed by atoms with Gasteiger partial charge in [0, 0.05) is 20.1 Å². The second kappa shape index (κ2) is 4.75. The molecular weight excluding hydrogens is 284 g/mol. The predicted octanol–water partition coefficient (Wildman–Crippen LogP) is -0.0140. The molecule has 0 aliphatic carbocycles. The molecule has 1 atom stereocenters. The zero-order valence-electron chi connectivity index (χ0n) is 11.3. The number of anilines is 1. The van der Waals surface area contributed by atoms with Gasteiger partial charge in [-0.05, 0) is 13.3 Å². The molecule has 8 heteroatoms. The van der Waals surface area contributed by atoms with Gasteiger partial charge in [-0.2, -0.15) is 5.10 Å². The minimum Gasteiger partial charge on any atom is -0.389 e. The lowest BCUT2D eigenvalue weighted by Crippen LogP contribution is -2.35. The smallest absolute Gasteiger partial charge is 0.152 e. The summed E-state index contributed by atoms with van der Waals surface area (Å²) < 4.78 is 24.9. The monoisotopic (exact) mass is 302 g/mol. The number of hydrogen-bond acceptors (Lipinski definition) is 5. The summed E-state index contributed by atoms with van der Waals surface area (Å²) in [4.78, 5) is 2.22. The van der Waals surface area contributed by atoms with Gasteiger partial charge in [0.05, 0.1) is 22.8 Å². The molecule has 1 unspecified atom stereocenters. The maximum atomic E-state index is 11.6. The van der Waals surface area contributed by atoms with Crippen molar-refractivity contribution in [1.29, 1.82) is 0 Å². The van der Waals surface area contributed by atoms with E-state index in [4.69, 9.17) is 18.0 Å². The van der Waals surface area contributed by atoms with Crippen molar-refractivity contribution >= 4 is 32.9 Å². The van der Waals surface area contributed by atoms with Crippen LogP contribution in [0.2, 0.25) is 0 Å². The van der Waals surface area contributed by atoms with Crippen LogP contribution in [0.3, 0.4) is 0 Å². The van der Waals surface area contributed by atoms with Crippen molar-refractivity contribution < 1.29 is 8.42 Å². The highest BCUT2D eigenvalue weighted by molar-refractivity contribution is 7.91. The van der Waals surface area contributed by atoms with Crippen LogP contribution in [0.5, 0.6) is 0 Å². The van der Waals surface area contributed by atoms with Crippen LogP contribution in [0.25, 0.3) is 0 Å². The van der Waals surface area contributed by atoms with Gasteiger partial charge in [0.1, 0.15) is 10.8 Å². The Balaban J connectivity index is 2.40. The molecule has 0 spiro atoms. The fraction of sp³-hybridized carbons (Fsp3) is 0.636. The van der Waals surface area contributed by atoms with E-state index >= 15 is 0 Å². The lowest BCUT2D eigenvalue weighted by Gasteiger charge is -2.26. The molecule has 2 rings (SSSR count). The standard InChI is InChI=1S/C11H18N4O2S2/c1-7-9(10(12)18)11(15(3)13-7)14(2)8-4-5-19(16,17)6-8/h8H,4-6H2,1-3H3,(H2,12,18). The highest BCUT2D eigenvalue weighted by Gasteiger charge is 2.33. The molecule has 1 aliphatic rings. The molecule has 2 heterocycles. The first kappa shape index (κ1) is 14.3. The Kier molecular flexibility index (Phi) is 3.57. The van der Waals surface area contributed by atoms with Gasteiger partial charge < -0.3 is 10.6 Å². The average Bonchev–Trinajstić information content (AvgIpc) is 2.77. The van der Waals surface area contributed by atoms with E-state index in [1.54, 1.807) is 4.68 Å². The van der Waals surface area contributed by atoms with Gasteiger partial charge in [-0.25, -0.2) is 8.42 Å². The molecule has 1 fully saturated rings. The number of hydrogen-bond donors (Lipinski definition) is 1. The van der Waals surface area contributed by atoms with Crippen molar-refractivity contribution in [3.05, 3.63) is 11.3 Å². The molecule has 0 radical (unpaired) electrons. The molecule has 0 bridgehead atoms. The van der Waals surface area contributed by atoms with Crippen molar-refractivity contribution in [3.8, 4) is 0 Å². The summed E-state index contributed by atoms with van der Waals surface area (Å²) in [5.41, 5.74) is 7.24. The summed E-state index contributed by atoms with van der Waals surface area (Å²) in [5, 5.41) is 4.32. The number of nitrogens with zero attached hydrogens (tertiary/aromatic N) is 3. The van der Waals surface area contributed by atoms with Gasteiger partial charge in [0.15, 0.2) is 9.84 Å². The third-order valence-electron chi connectivity index (χ3n) is 3.53. The summed E-state index contributed by atoms with van der Waals surface area (Å²) in [7, 11) is 0.751. The van der Waals surface area contributed by atoms with Crippen molar-refractivity contribution in [1.82, 2.24) is 9.78 Å². The molecule has 1 aliphatic heterocycles. The molecule has 0 amide bonds. The van der Waals surface area contributed by atoms with E-state index in [0.29, 0.717) is 6.42 Å². The van der Waals surface area contributed by atoms with Crippen molar-refractivity contribution in [2.24, 2.45) is 12.8 Å².